The number of ketones is 1. The van der Waals surface area contributed by atoms with Crippen LogP contribution in [-0.4, -0.2) is 58.0 Å². The summed E-state index contributed by atoms with van der Waals surface area (Å²) in [5.74, 6) is -1.85. The topological polar surface area (TPSA) is 105 Å². The highest BCUT2D eigenvalue weighted by Gasteiger charge is 2.38. The number of allylic oxidation sites excluding steroid dienone is 1. The molecule has 0 amide bonds. The lowest BCUT2D eigenvalue weighted by molar-refractivity contribution is -0.134. The summed E-state index contributed by atoms with van der Waals surface area (Å²) in [6, 6.07) is 3.65. The molecule has 0 unspecified atom stereocenters. The van der Waals surface area contributed by atoms with E-state index in [4.69, 9.17) is 9.47 Å². The fourth-order valence-electron chi connectivity index (χ4n) is 2.93. The molecule has 0 aromatic carbocycles. The second kappa shape index (κ2) is 6.06. The van der Waals surface area contributed by atoms with Crippen molar-refractivity contribution in [2.24, 2.45) is 0 Å². The molecule has 4 rings (SSSR count). The Balaban J connectivity index is 1.71. The standard InChI is InChI=1S/C17H15N3O5/c21-14-12(8-10-9-19-15-11(10)2-1-3-18-15)25-16(13(14)17(22)23)20-4-6-24-7-5-20/h1-3,8-9H,4-7H2,(H,18,19)(H,22,23). The summed E-state index contributed by atoms with van der Waals surface area (Å²) in [6.07, 6.45) is 4.90. The maximum absolute atomic E-state index is 12.5. The molecule has 2 aromatic heterocycles. The number of ether oxygens (including phenoxy) is 2. The van der Waals surface area contributed by atoms with Gasteiger partial charge in [0.25, 0.3) is 0 Å². The number of carbonyl (C=O) groups excluding carboxylic acids is 1. The number of nitrogens with zero attached hydrogens (tertiary/aromatic N) is 2. The van der Waals surface area contributed by atoms with E-state index >= 15 is 0 Å². The predicted molar refractivity (Wildman–Crippen MR) is 87.2 cm³/mol. The fourth-order valence-corrected chi connectivity index (χ4v) is 2.93. The average Bonchev–Trinajstić information content (AvgIpc) is 3.18. The highest BCUT2D eigenvalue weighted by molar-refractivity contribution is 6.26. The zero-order valence-corrected chi connectivity index (χ0v) is 13.2. The van der Waals surface area contributed by atoms with Gasteiger partial charge in [0, 0.05) is 36.4 Å². The van der Waals surface area contributed by atoms with Crippen LogP contribution >= 0.6 is 0 Å². The molecule has 0 aliphatic carbocycles. The molecule has 8 nitrogen and oxygen atoms in total. The number of rotatable bonds is 3. The molecule has 25 heavy (non-hydrogen) atoms. The number of morpholine rings is 1. The maximum atomic E-state index is 12.5. The number of pyridine rings is 1. The maximum Gasteiger partial charge on any atom is 0.345 e. The highest BCUT2D eigenvalue weighted by Crippen LogP contribution is 2.30. The van der Waals surface area contributed by atoms with E-state index in [0.29, 0.717) is 37.5 Å². The van der Waals surface area contributed by atoms with Gasteiger partial charge in [-0.1, -0.05) is 0 Å². The van der Waals surface area contributed by atoms with E-state index in [1.54, 1.807) is 29.4 Å². The summed E-state index contributed by atoms with van der Waals surface area (Å²) in [6.45, 7) is 1.87. The van der Waals surface area contributed by atoms with Gasteiger partial charge >= 0.3 is 5.97 Å². The van der Waals surface area contributed by atoms with E-state index in [0.717, 1.165) is 5.39 Å². The molecule has 0 atom stereocenters. The molecule has 0 bridgehead atoms. The van der Waals surface area contributed by atoms with Crippen LogP contribution in [0.3, 0.4) is 0 Å². The number of carboxylic acids is 1. The lowest BCUT2D eigenvalue weighted by atomic mass is 10.1. The molecule has 128 valence electrons. The van der Waals surface area contributed by atoms with Crippen LogP contribution in [0.4, 0.5) is 0 Å². The largest absolute Gasteiger partial charge is 0.477 e. The summed E-state index contributed by atoms with van der Waals surface area (Å²) >= 11 is 0. The van der Waals surface area contributed by atoms with Crippen molar-refractivity contribution >= 4 is 28.9 Å². The second-order valence-corrected chi connectivity index (χ2v) is 5.67. The van der Waals surface area contributed by atoms with E-state index in [1.807, 2.05) is 6.07 Å². The summed E-state index contributed by atoms with van der Waals surface area (Å²) < 4.78 is 10.9. The van der Waals surface area contributed by atoms with E-state index in [-0.39, 0.29) is 17.2 Å². The van der Waals surface area contributed by atoms with Gasteiger partial charge in [-0.15, -0.1) is 0 Å². The normalized spacial score (nSPS) is 19.8. The molecule has 2 aliphatic heterocycles. The van der Waals surface area contributed by atoms with Crippen LogP contribution in [0.2, 0.25) is 0 Å². The monoisotopic (exact) mass is 341 g/mol. The van der Waals surface area contributed by atoms with Crippen LogP contribution in [0.25, 0.3) is 17.1 Å². The molecule has 1 saturated heterocycles. The second-order valence-electron chi connectivity index (χ2n) is 5.67. The summed E-state index contributed by atoms with van der Waals surface area (Å²) in [5.41, 5.74) is 1.05. The van der Waals surface area contributed by atoms with Crippen LogP contribution in [0, 0.1) is 0 Å². The van der Waals surface area contributed by atoms with Crippen LogP contribution in [0.1, 0.15) is 5.56 Å². The van der Waals surface area contributed by atoms with Crippen LogP contribution in [-0.2, 0) is 19.1 Å². The van der Waals surface area contributed by atoms with Crippen molar-refractivity contribution in [2.45, 2.75) is 0 Å². The number of carbonyl (C=O) groups is 2. The molecule has 8 heteroatoms. The Labute approximate surface area is 142 Å². The quantitative estimate of drug-likeness (QED) is 0.637. The van der Waals surface area contributed by atoms with Gasteiger partial charge in [0.05, 0.1) is 13.2 Å². The van der Waals surface area contributed by atoms with E-state index in [2.05, 4.69) is 9.97 Å². The van der Waals surface area contributed by atoms with Crippen LogP contribution < -0.4 is 0 Å². The lowest BCUT2D eigenvalue weighted by Gasteiger charge is -2.28. The molecule has 4 heterocycles. The van der Waals surface area contributed by atoms with Gasteiger partial charge in [0.2, 0.25) is 11.7 Å². The zero-order chi connectivity index (χ0) is 17.4. The molecule has 0 spiro atoms. The van der Waals surface area contributed by atoms with Crippen LogP contribution in [0.5, 0.6) is 0 Å². The summed E-state index contributed by atoms with van der Waals surface area (Å²) in [4.78, 5) is 33.0. The number of hydrogen-bond acceptors (Lipinski definition) is 6. The third-order valence-electron chi connectivity index (χ3n) is 4.15. The Bertz CT molecular complexity index is 921. The van der Waals surface area contributed by atoms with Gasteiger partial charge in [-0.3, -0.25) is 4.79 Å². The van der Waals surface area contributed by atoms with Gasteiger partial charge in [0.1, 0.15) is 5.65 Å². The molecule has 2 aliphatic rings. The lowest BCUT2D eigenvalue weighted by Crippen LogP contribution is -2.36. The van der Waals surface area contributed by atoms with Crippen molar-refractivity contribution < 1.29 is 24.2 Å². The number of fused-ring (bicyclic) bond motifs is 1. The van der Waals surface area contributed by atoms with Gasteiger partial charge in [-0.05, 0) is 18.2 Å². The first-order valence-electron chi connectivity index (χ1n) is 7.82. The average molecular weight is 341 g/mol. The minimum absolute atomic E-state index is 0.0105. The zero-order valence-electron chi connectivity index (χ0n) is 13.2. The van der Waals surface area contributed by atoms with Gasteiger partial charge in [-0.2, -0.15) is 0 Å². The number of nitrogens with one attached hydrogen (secondary N) is 1. The minimum Gasteiger partial charge on any atom is -0.477 e. The Hall–Kier alpha value is -3.13. The number of carboxylic acid groups (broad SMARTS) is 1. The van der Waals surface area contributed by atoms with Crippen molar-refractivity contribution in [1.82, 2.24) is 14.9 Å². The Morgan fingerprint density at radius 3 is 2.92 bits per heavy atom. The van der Waals surface area contributed by atoms with Gasteiger partial charge in [-0.25, -0.2) is 9.78 Å². The van der Waals surface area contributed by atoms with Gasteiger partial charge in [0.15, 0.2) is 11.3 Å². The molecule has 2 aromatic rings. The predicted octanol–water partition coefficient (Wildman–Crippen LogP) is 1.13. The van der Waals surface area contributed by atoms with Crippen molar-refractivity contribution in [3.8, 4) is 0 Å². The Morgan fingerprint density at radius 1 is 1.36 bits per heavy atom. The van der Waals surface area contributed by atoms with Crippen molar-refractivity contribution in [2.75, 3.05) is 26.3 Å². The smallest absolute Gasteiger partial charge is 0.345 e. The molecule has 1 fully saturated rings. The third-order valence-corrected chi connectivity index (χ3v) is 4.15. The Morgan fingerprint density at radius 2 is 2.16 bits per heavy atom. The summed E-state index contributed by atoms with van der Waals surface area (Å²) in [5, 5.41) is 10.3. The first kappa shape index (κ1) is 15.4. The highest BCUT2D eigenvalue weighted by atomic mass is 16.5. The van der Waals surface area contributed by atoms with Crippen molar-refractivity contribution in [3.05, 3.63) is 47.3 Å². The molecule has 0 saturated carbocycles. The van der Waals surface area contributed by atoms with Crippen molar-refractivity contribution in [3.63, 3.8) is 0 Å². The fraction of sp³-hybridized carbons (Fsp3) is 0.235. The molecule has 2 N–H and O–H groups in total. The summed E-state index contributed by atoms with van der Waals surface area (Å²) in [7, 11) is 0. The molecular weight excluding hydrogens is 326 g/mol. The molecule has 0 radical (unpaired) electrons. The van der Waals surface area contributed by atoms with E-state index < -0.39 is 11.8 Å². The Kier molecular flexibility index (Phi) is 3.73. The first-order chi connectivity index (χ1) is 12.1. The van der Waals surface area contributed by atoms with Crippen molar-refractivity contribution in [1.29, 1.82) is 0 Å². The number of aromatic nitrogens is 2. The van der Waals surface area contributed by atoms with Gasteiger partial charge < -0.3 is 24.5 Å². The van der Waals surface area contributed by atoms with E-state index in [1.165, 1.54) is 0 Å². The molecular formula is C17H15N3O5. The number of aliphatic carboxylic acids is 1. The number of aromatic amines is 1. The SMILES string of the molecule is O=C(O)C1=C(N2CCOCC2)OC(=Cc2c[nH]c3ncccc23)C1=O. The third kappa shape index (κ3) is 2.66. The van der Waals surface area contributed by atoms with Crippen LogP contribution in [0.15, 0.2) is 41.7 Å². The number of hydrogen-bond donors (Lipinski definition) is 2. The number of H-pyrrole nitrogens is 1. The minimum atomic E-state index is -1.30. The van der Waals surface area contributed by atoms with E-state index in [9.17, 15) is 14.7 Å². The first-order valence-corrected chi connectivity index (χ1v) is 7.82. The number of Topliss-reactive ketones (excluding diaryl/α,β-unsaturated/α-hetero) is 1.